The number of hydrogen-bond donors (Lipinski definition) is 0. The van der Waals surface area contributed by atoms with E-state index in [4.69, 9.17) is 4.74 Å². The highest BCUT2D eigenvalue weighted by molar-refractivity contribution is 9.10. The van der Waals surface area contributed by atoms with E-state index in [9.17, 15) is 0 Å². The van der Waals surface area contributed by atoms with Crippen LogP contribution in [0.15, 0.2) is 47.1 Å². The minimum atomic E-state index is 0.687. The van der Waals surface area contributed by atoms with Gasteiger partial charge in [-0.2, -0.15) is 0 Å². The Morgan fingerprint density at radius 1 is 1.19 bits per heavy atom. The highest BCUT2D eigenvalue weighted by Gasteiger charge is 2.03. The first-order chi connectivity index (χ1) is 7.81. The van der Waals surface area contributed by atoms with Gasteiger partial charge in [0.25, 0.3) is 0 Å². The third kappa shape index (κ3) is 2.42. The molecule has 0 N–H and O–H groups in total. The van der Waals surface area contributed by atoms with Gasteiger partial charge in [0.05, 0.1) is 12.3 Å². The molecule has 2 nitrogen and oxygen atoms in total. The number of rotatable bonds is 3. The molecule has 16 heavy (non-hydrogen) atoms. The molecule has 0 saturated heterocycles. The van der Waals surface area contributed by atoms with Gasteiger partial charge in [0.1, 0.15) is 5.75 Å². The average molecular weight is 278 g/mol. The van der Waals surface area contributed by atoms with Crippen molar-refractivity contribution in [1.82, 2.24) is 4.98 Å². The van der Waals surface area contributed by atoms with Crippen molar-refractivity contribution < 1.29 is 4.74 Å². The molecule has 0 bridgehead atoms. The third-order valence-electron chi connectivity index (χ3n) is 2.20. The number of hydrogen-bond acceptors (Lipinski definition) is 2. The number of pyridine rings is 1. The molecular formula is C13H12BrNO. The third-order valence-corrected chi connectivity index (χ3v) is 2.84. The van der Waals surface area contributed by atoms with E-state index in [2.05, 4.69) is 20.9 Å². The standard InChI is InChI=1S/C13H12BrNO/c1-2-16-11-7-5-10(6-8-11)13-12(14)4-3-9-15-13/h3-9H,2H2,1H3. The first-order valence-corrected chi connectivity index (χ1v) is 5.94. The van der Waals surface area contributed by atoms with Crippen LogP contribution in [0.4, 0.5) is 0 Å². The molecule has 0 aliphatic rings. The first kappa shape index (κ1) is 11.1. The van der Waals surface area contributed by atoms with E-state index in [1.807, 2.05) is 43.3 Å². The zero-order valence-corrected chi connectivity index (χ0v) is 10.6. The summed E-state index contributed by atoms with van der Waals surface area (Å²) in [4.78, 5) is 4.34. The van der Waals surface area contributed by atoms with Crippen molar-refractivity contribution in [3.05, 3.63) is 47.1 Å². The van der Waals surface area contributed by atoms with Crippen molar-refractivity contribution in [2.75, 3.05) is 6.61 Å². The zero-order valence-electron chi connectivity index (χ0n) is 8.98. The maximum atomic E-state index is 5.39. The number of aromatic nitrogens is 1. The van der Waals surface area contributed by atoms with Crippen molar-refractivity contribution in [2.45, 2.75) is 6.92 Å². The fraction of sp³-hybridized carbons (Fsp3) is 0.154. The normalized spacial score (nSPS) is 10.1. The van der Waals surface area contributed by atoms with Gasteiger partial charge in [0, 0.05) is 16.2 Å². The number of halogens is 1. The topological polar surface area (TPSA) is 22.1 Å². The summed E-state index contributed by atoms with van der Waals surface area (Å²) < 4.78 is 6.39. The lowest BCUT2D eigenvalue weighted by atomic mass is 10.1. The Morgan fingerprint density at radius 2 is 1.94 bits per heavy atom. The maximum absolute atomic E-state index is 5.39. The summed E-state index contributed by atoms with van der Waals surface area (Å²) in [7, 11) is 0. The van der Waals surface area contributed by atoms with Crippen LogP contribution in [-0.4, -0.2) is 11.6 Å². The van der Waals surface area contributed by atoms with Gasteiger partial charge in [-0.05, 0) is 59.3 Å². The average Bonchev–Trinajstić information content (AvgIpc) is 2.31. The molecule has 0 fully saturated rings. The lowest BCUT2D eigenvalue weighted by Crippen LogP contribution is -1.91. The molecule has 0 unspecified atom stereocenters. The minimum Gasteiger partial charge on any atom is -0.494 e. The monoisotopic (exact) mass is 277 g/mol. The maximum Gasteiger partial charge on any atom is 0.119 e. The molecule has 2 aromatic rings. The first-order valence-electron chi connectivity index (χ1n) is 5.15. The molecule has 1 aromatic carbocycles. The molecule has 0 spiro atoms. The molecule has 0 aliphatic heterocycles. The summed E-state index contributed by atoms with van der Waals surface area (Å²) >= 11 is 3.49. The summed E-state index contributed by atoms with van der Waals surface area (Å²) in [6, 6.07) is 11.8. The SMILES string of the molecule is CCOc1ccc(-c2ncccc2Br)cc1. The van der Waals surface area contributed by atoms with Gasteiger partial charge in [-0.3, -0.25) is 4.98 Å². The number of benzene rings is 1. The molecule has 0 aliphatic carbocycles. The van der Waals surface area contributed by atoms with Crippen LogP contribution in [0, 0.1) is 0 Å². The van der Waals surface area contributed by atoms with Gasteiger partial charge in [-0.1, -0.05) is 0 Å². The second-order valence-electron chi connectivity index (χ2n) is 3.29. The molecule has 1 heterocycles. The Kier molecular flexibility index (Phi) is 3.57. The lowest BCUT2D eigenvalue weighted by Gasteiger charge is -2.05. The highest BCUT2D eigenvalue weighted by atomic mass is 79.9. The largest absolute Gasteiger partial charge is 0.494 e. The molecule has 0 radical (unpaired) electrons. The van der Waals surface area contributed by atoms with Crippen LogP contribution in [0.1, 0.15) is 6.92 Å². The second kappa shape index (κ2) is 5.12. The van der Waals surface area contributed by atoms with Crippen LogP contribution in [0.25, 0.3) is 11.3 Å². The molecule has 3 heteroatoms. The predicted molar refractivity (Wildman–Crippen MR) is 68.5 cm³/mol. The number of ether oxygens (including phenoxy) is 1. The van der Waals surface area contributed by atoms with Crippen molar-refractivity contribution in [3.8, 4) is 17.0 Å². The second-order valence-corrected chi connectivity index (χ2v) is 4.15. The fourth-order valence-corrected chi connectivity index (χ4v) is 1.96. The van der Waals surface area contributed by atoms with E-state index in [1.165, 1.54) is 0 Å². The van der Waals surface area contributed by atoms with Gasteiger partial charge < -0.3 is 4.74 Å². The van der Waals surface area contributed by atoms with Crippen LogP contribution < -0.4 is 4.74 Å². The van der Waals surface area contributed by atoms with E-state index < -0.39 is 0 Å². The Balaban J connectivity index is 2.31. The zero-order chi connectivity index (χ0) is 11.4. The van der Waals surface area contributed by atoms with Crippen LogP contribution in [0.3, 0.4) is 0 Å². The molecule has 82 valence electrons. The van der Waals surface area contributed by atoms with Crippen LogP contribution in [0.5, 0.6) is 5.75 Å². The van der Waals surface area contributed by atoms with E-state index >= 15 is 0 Å². The summed E-state index contributed by atoms with van der Waals surface area (Å²) in [5, 5.41) is 0. The van der Waals surface area contributed by atoms with Crippen molar-refractivity contribution >= 4 is 15.9 Å². The van der Waals surface area contributed by atoms with E-state index in [0.29, 0.717) is 6.61 Å². The van der Waals surface area contributed by atoms with E-state index in [1.54, 1.807) is 6.20 Å². The van der Waals surface area contributed by atoms with Crippen molar-refractivity contribution in [1.29, 1.82) is 0 Å². The predicted octanol–water partition coefficient (Wildman–Crippen LogP) is 3.91. The van der Waals surface area contributed by atoms with Gasteiger partial charge in [0.15, 0.2) is 0 Å². The number of nitrogens with zero attached hydrogens (tertiary/aromatic N) is 1. The minimum absolute atomic E-state index is 0.687. The van der Waals surface area contributed by atoms with Crippen LogP contribution >= 0.6 is 15.9 Å². The van der Waals surface area contributed by atoms with Gasteiger partial charge in [0.2, 0.25) is 0 Å². The van der Waals surface area contributed by atoms with E-state index in [-0.39, 0.29) is 0 Å². The lowest BCUT2D eigenvalue weighted by molar-refractivity contribution is 0.340. The van der Waals surface area contributed by atoms with E-state index in [0.717, 1.165) is 21.5 Å². The summed E-state index contributed by atoms with van der Waals surface area (Å²) in [6.07, 6.45) is 1.79. The van der Waals surface area contributed by atoms with Gasteiger partial charge in [-0.15, -0.1) is 0 Å². The summed E-state index contributed by atoms with van der Waals surface area (Å²) in [6.45, 7) is 2.66. The highest BCUT2D eigenvalue weighted by Crippen LogP contribution is 2.26. The van der Waals surface area contributed by atoms with Crippen molar-refractivity contribution in [3.63, 3.8) is 0 Å². The molecule has 0 amide bonds. The summed E-state index contributed by atoms with van der Waals surface area (Å²) in [5.74, 6) is 0.887. The quantitative estimate of drug-likeness (QED) is 0.849. The van der Waals surface area contributed by atoms with Crippen molar-refractivity contribution in [2.24, 2.45) is 0 Å². The Labute approximate surface area is 103 Å². The molecule has 0 saturated carbocycles. The molecular weight excluding hydrogens is 266 g/mol. The van der Waals surface area contributed by atoms with Gasteiger partial charge >= 0.3 is 0 Å². The molecule has 2 rings (SSSR count). The Morgan fingerprint density at radius 3 is 2.56 bits per heavy atom. The van der Waals surface area contributed by atoms with Gasteiger partial charge in [-0.25, -0.2) is 0 Å². The molecule has 1 aromatic heterocycles. The molecule has 0 atom stereocenters. The fourth-order valence-electron chi connectivity index (χ4n) is 1.47. The Bertz CT molecular complexity index is 468. The smallest absolute Gasteiger partial charge is 0.119 e. The summed E-state index contributed by atoms with van der Waals surface area (Å²) in [5.41, 5.74) is 2.03. The van der Waals surface area contributed by atoms with Crippen LogP contribution in [-0.2, 0) is 0 Å². The van der Waals surface area contributed by atoms with Crippen LogP contribution in [0.2, 0.25) is 0 Å². The Hall–Kier alpha value is -1.35.